The van der Waals surface area contributed by atoms with Gasteiger partial charge in [-0.3, -0.25) is 4.68 Å². The van der Waals surface area contributed by atoms with Crippen molar-refractivity contribution in [3.8, 4) is 11.5 Å². The topological polar surface area (TPSA) is 106 Å². The van der Waals surface area contributed by atoms with Crippen molar-refractivity contribution < 1.29 is 4.52 Å². The predicted molar refractivity (Wildman–Crippen MR) is 122 cm³/mol. The Morgan fingerprint density at radius 3 is 2.59 bits per heavy atom. The van der Waals surface area contributed by atoms with E-state index in [9.17, 15) is 0 Å². The van der Waals surface area contributed by atoms with E-state index in [0.717, 1.165) is 49.1 Å². The van der Waals surface area contributed by atoms with E-state index in [2.05, 4.69) is 48.0 Å². The van der Waals surface area contributed by atoms with Crippen LogP contribution in [-0.2, 0) is 26.4 Å². The Hall–Kier alpha value is -2.50. The number of aliphatic imine (C=N–C) groups is 1. The molecule has 0 aliphatic heterocycles. The summed E-state index contributed by atoms with van der Waals surface area (Å²) in [6.45, 7) is 6.08. The Morgan fingerprint density at radius 1 is 1.17 bits per heavy atom. The second-order valence-corrected chi connectivity index (χ2v) is 6.24. The number of nitrogens with zero attached hydrogens (tertiary/aromatic N) is 6. The van der Waals surface area contributed by atoms with Gasteiger partial charge in [-0.25, -0.2) is 9.98 Å². The number of aromatic nitrogens is 5. The normalized spacial score (nSPS) is 11.2. The van der Waals surface area contributed by atoms with E-state index < -0.39 is 0 Å². The van der Waals surface area contributed by atoms with Gasteiger partial charge in [-0.2, -0.15) is 10.1 Å². The van der Waals surface area contributed by atoms with E-state index in [1.165, 1.54) is 11.9 Å². The van der Waals surface area contributed by atoms with Gasteiger partial charge in [0.25, 0.3) is 5.89 Å². The fourth-order valence-corrected chi connectivity index (χ4v) is 2.61. The molecule has 0 amide bonds. The fraction of sp³-hybridized carbons (Fsp3) is 0.421. The molecule has 0 spiro atoms. The van der Waals surface area contributed by atoms with Crippen LogP contribution >= 0.6 is 24.0 Å². The molecule has 2 aromatic heterocycles. The first-order valence-corrected chi connectivity index (χ1v) is 9.46. The molecule has 3 rings (SSSR count). The van der Waals surface area contributed by atoms with Gasteiger partial charge < -0.3 is 15.2 Å². The van der Waals surface area contributed by atoms with Crippen molar-refractivity contribution in [1.29, 1.82) is 0 Å². The fourth-order valence-electron chi connectivity index (χ4n) is 2.61. The molecule has 0 aliphatic rings. The quantitative estimate of drug-likeness (QED) is 0.272. The third-order valence-corrected chi connectivity index (χ3v) is 4.22. The van der Waals surface area contributed by atoms with E-state index in [0.29, 0.717) is 12.4 Å². The molecule has 9 nitrogen and oxygen atoms in total. The first-order valence-electron chi connectivity index (χ1n) is 9.46. The maximum absolute atomic E-state index is 5.28. The molecule has 3 aromatic rings. The summed E-state index contributed by atoms with van der Waals surface area (Å²) >= 11 is 0. The van der Waals surface area contributed by atoms with Gasteiger partial charge >= 0.3 is 0 Å². The van der Waals surface area contributed by atoms with Gasteiger partial charge in [0.2, 0.25) is 0 Å². The number of aryl methyl sites for hydroxylation is 2. The number of guanidine groups is 1. The summed E-state index contributed by atoms with van der Waals surface area (Å²) in [5.41, 5.74) is 2.15. The zero-order valence-electron chi connectivity index (χ0n) is 16.9. The lowest BCUT2D eigenvalue weighted by Gasteiger charge is -2.11. The van der Waals surface area contributed by atoms with Crippen molar-refractivity contribution >= 4 is 29.9 Å². The molecule has 1 aromatic carbocycles. The van der Waals surface area contributed by atoms with Crippen molar-refractivity contribution in [3.05, 3.63) is 47.8 Å². The average molecular weight is 510 g/mol. The summed E-state index contributed by atoms with van der Waals surface area (Å²) < 4.78 is 7.00. The summed E-state index contributed by atoms with van der Waals surface area (Å²) in [6.07, 6.45) is 3.17. The minimum atomic E-state index is 0. The number of halogens is 1. The van der Waals surface area contributed by atoms with Crippen LogP contribution < -0.4 is 10.6 Å². The Kier molecular flexibility index (Phi) is 9.03. The lowest BCUT2D eigenvalue weighted by atomic mass is 10.1. The maximum Gasteiger partial charge on any atom is 0.257 e. The molecule has 0 atom stereocenters. The second kappa shape index (κ2) is 11.5. The van der Waals surface area contributed by atoms with Gasteiger partial charge in [0, 0.05) is 32.1 Å². The summed E-state index contributed by atoms with van der Waals surface area (Å²) in [6, 6.07) is 8.18. The van der Waals surface area contributed by atoms with E-state index in [1.807, 2.05) is 33.0 Å². The Morgan fingerprint density at radius 2 is 1.97 bits per heavy atom. The highest BCUT2D eigenvalue weighted by Crippen LogP contribution is 2.18. The third kappa shape index (κ3) is 6.51. The number of hydrogen-bond acceptors (Lipinski definition) is 6. The number of hydrogen-bond donors (Lipinski definition) is 2. The maximum atomic E-state index is 5.28. The molecule has 0 radical (unpaired) electrons. The van der Waals surface area contributed by atoms with Gasteiger partial charge in [-0.05, 0) is 31.0 Å². The lowest BCUT2D eigenvalue weighted by Crippen LogP contribution is -2.38. The molecule has 0 unspecified atom stereocenters. The van der Waals surface area contributed by atoms with E-state index in [-0.39, 0.29) is 24.0 Å². The summed E-state index contributed by atoms with van der Waals surface area (Å²) in [5, 5.41) is 14.6. The minimum Gasteiger partial charge on any atom is -0.357 e. The van der Waals surface area contributed by atoms with Gasteiger partial charge in [0.15, 0.2) is 11.8 Å². The SMILES string of the molecule is CCNC(=NCc1ncnn1C)NCCc1ccc(-c2nc(CC)no2)cc1.I. The predicted octanol–water partition coefficient (Wildman–Crippen LogP) is 2.34. The second-order valence-electron chi connectivity index (χ2n) is 6.24. The molecule has 10 heteroatoms. The first-order chi connectivity index (χ1) is 13.7. The number of benzene rings is 1. The van der Waals surface area contributed by atoms with Crippen LogP contribution in [0.15, 0.2) is 40.1 Å². The molecule has 2 heterocycles. The van der Waals surface area contributed by atoms with Crippen molar-refractivity contribution in [1.82, 2.24) is 35.5 Å². The van der Waals surface area contributed by atoms with E-state index >= 15 is 0 Å². The Labute approximate surface area is 187 Å². The third-order valence-electron chi connectivity index (χ3n) is 4.22. The average Bonchev–Trinajstić information content (AvgIpc) is 3.35. The Balaban J connectivity index is 0.00000300. The molecule has 0 fully saturated rings. The van der Waals surface area contributed by atoms with Crippen LogP contribution in [0.25, 0.3) is 11.5 Å². The van der Waals surface area contributed by atoms with Crippen LogP contribution in [-0.4, -0.2) is 44.0 Å². The van der Waals surface area contributed by atoms with Gasteiger partial charge in [-0.15, -0.1) is 24.0 Å². The largest absolute Gasteiger partial charge is 0.357 e. The monoisotopic (exact) mass is 510 g/mol. The summed E-state index contributed by atoms with van der Waals surface area (Å²) in [5.74, 6) is 2.87. The lowest BCUT2D eigenvalue weighted by molar-refractivity contribution is 0.423. The molecule has 156 valence electrons. The standard InChI is InChI=1S/C19H26N8O.HI/c1-4-16-25-18(28-26-16)15-8-6-14(7-9-15)10-11-21-19(20-5-2)22-12-17-23-13-24-27(17)3;/h6-9,13H,4-5,10-12H2,1-3H3,(H2,20,21,22);1H. The van der Waals surface area contributed by atoms with Crippen LogP contribution in [0, 0.1) is 0 Å². The molecular formula is C19H27IN8O. The molecule has 0 saturated carbocycles. The van der Waals surface area contributed by atoms with E-state index in [4.69, 9.17) is 4.52 Å². The van der Waals surface area contributed by atoms with Crippen LogP contribution in [0.1, 0.15) is 31.1 Å². The van der Waals surface area contributed by atoms with Crippen molar-refractivity contribution in [3.63, 3.8) is 0 Å². The van der Waals surface area contributed by atoms with Crippen LogP contribution in [0.4, 0.5) is 0 Å². The van der Waals surface area contributed by atoms with Gasteiger partial charge in [0.05, 0.1) is 0 Å². The zero-order valence-corrected chi connectivity index (χ0v) is 19.3. The molecule has 29 heavy (non-hydrogen) atoms. The molecule has 0 aliphatic carbocycles. The molecule has 2 N–H and O–H groups in total. The molecule has 0 bridgehead atoms. The number of nitrogens with one attached hydrogen (secondary N) is 2. The van der Waals surface area contributed by atoms with E-state index in [1.54, 1.807) is 4.68 Å². The van der Waals surface area contributed by atoms with Crippen molar-refractivity contribution in [2.24, 2.45) is 12.0 Å². The Bertz CT molecular complexity index is 903. The number of rotatable bonds is 8. The highest BCUT2D eigenvalue weighted by atomic mass is 127. The highest BCUT2D eigenvalue weighted by Gasteiger charge is 2.07. The summed E-state index contributed by atoms with van der Waals surface area (Å²) in [7, 11) is 1.86. The van der Waals surface area contributed by atoms with Crippen molar-refractivity contribution in [2.45, 2.75) is 33.2 Å². The summed E-state index contributed by atoms with van der Waals surface area (Å²) in [4.78, 5) is 13.1. The van der Waals surface area contributed by atoms with Crippen LogP contribution in [0.2, 0.25) is 0 Å². The smallest absolute Gasteiger partial charge is 0.257 e. The first kappa shape index (κ1) is 22.8. The van der Waals surface area contributed by atoms with Crippen LogP contribution in [0.5, 0.6) is 0 Å². The van der Waals surface area contributed by atoms with Gasteiger partial charge in [-0.1, -0.05) is 24.2 Å². The zero-order chi connectivity index (χ0) is 19.8. The molecule has 0 saturated heterocycles. The van der Waals surface area contributed by atoms with Crippen molar-refractivity contribution in [2.75, 3.05) is 13.1 Å². The minimum absolute atomic E-state index is 0. The van der Waals surface area contributed by atoms with Gasteiger partial charge in [0.1, 0.15) is 18.7 Å². The highest BCUT2D eigenvalue weighted by molar-refractivity contribution is 14.0. The van der Waals surface area contributed by atoms with Crippen LogP contribution in [0.3, 0.4) is 0 Å². The molecular weight excluding hydrogens is 483 g/mol.